The van der Waals surface area contributed by atoms with Gasteiger partial charge in [-0.05, 0) is 44.4 Å². The predicted octanol–water partition coefficient (Wildman–Crippen LogP) is 2.68. The summed E-state index contributed by atoms with van der Waals surface area (Å²) in [4.78, 5) is 18.2. The summed E-state index contributed by atoms with van der Waals surface area (Å²) < 4.78 is 37.0. The van der Waals surface area contributed by atoms with Crippen molar-refractivity contribution < 1.29 is 22.7 Å². The van der Waals surface area contributed by atoms with Crippen molar-refractivity contribution in [3.05, 3.63) is 41.6 Å². The van der Waals surface area contributed by atoms with Gasteiger partial charge in [0.15, 0.2) is 15.5 Å². The van der Waals surface area contributed by atoms with E-state index in [1.165, 1.54) is 0 Å². The highest BCUT2D eigenvalue weighted by Gasteiger charge is 2.32. The standard InChI is InChI=1S/C24H28N4O5S/c1-15-22-20(24(29)25-13-19-7-4-9-33-19)12-21(16-5-3-6-18(11-16)32-2)26-23(22)28(27-15)17-8-10-34(30,31)14-17/h3,5-6,11-12,17,19H,4,7-10,13-14H2,1-2H3,(H,25,29). The lowest BCUT2D eigenvalue weighted by Crippen LogP contribution is -2.32. The summed E-state index contributed by atoms with van der Waals surface area (Å²) in [6, 6.07) is 8.93. The lowest BCUT2D eigenvalue weighted by Gasteiger charge is -2.14. The third-order valence-electron chi connectivity index (χ3n) is 6.52. The fourth-order valence-corrected chi connectivity index (χ4v) is 6.44. The zero-order valence-corrected chi connectivity index (χ0v) is 20.1. The molecule has 0 bridgehead atoms. The minimum Gasteiger partial charge on any atom is -0.497 e. The summed E-state index contributed by atoms with van der Waals surface area (Å²) >= 11 is 0. The topological polar surface area (TPSA) is 112 Å². The van der Waals surface area contributed by atoms with E-state index in [9.17, 15) is 13.2 Å². The third kappa shape index (κ3) is 4.39. The molecule has 1 aromatic carbocycles. The zero-order valence-electron chi connectivity index (χ0n) is 19.3. The van der Waals surface area contributed by atoms with Crippen molar-refractivity contribution in [1.29, 1.82) is 0 Å². The van der Waals surface area contributed by atoms with Crippen LogP contribution in [0.1, 0.15) is 41.4 Å². The molecule has 2 atom stereocenters. The number of ether oxygens (including phenoxy) is 2. The Bertz CT molecular complexity index is 1340. The fourth-order valence-electron chi connectivity index (χ4n) is 4.75. The number of aromatic nitrogens is 3. The van der Waals surface area contributed by atoms with Gasteiger partial charge in [-0.1, -0.05) is 12.1 Å². The van der Waals surface area contributed by atoms with Crippen molar-refractivity contribution >= 4 is 26.8 Å². The molecule has 0 aliphatic carbocycles. The number of methoxy groups -OCH3 is 1. The maximum absolute atomic E-state index is 13.4. The van der Waals surface area contributed by atoms with Crippen LogP contribution in [0.25, 0.3) is 22.3 Å². The van der Waals surface area contributed by atoms with E-state index in [2.05, 4.69) is 10.4 Å². The molecular weight excluding hydrogens is 456 g/mol. The third-order valence-corrected chi connectivity index (χ3v) is 8.27. The maximum atomic E-state index is 13.4. The fraction of sp³-hybridized carbons (Fsp3) is 0.458. The van der Waals surface area contributed by atoms with Gasteiger partial charge in [-0.25, -0.2) is 18.1 Å². The van der Waals surface area contributed by atoms with Crippen LogP contribution in [0.3, 0.4) is 0 Å². The first kappa shape index (κ1) is 22.8. The highest BCUT2D eigenvalue weighted by molar-refractivity contribution is 7.91. The molecule has 2 unspecified atom stereocenters. The molecule has 180 valence electrons. The van der Waals surface area contributed by atoms with Gasteiger partial charge in [0.1, 0.15) is 5.75 Å². The molecule has 0 spiro atoms. The van der Waals surface area contributed by atoms with Crippen LogP contribution in [0.5, 0.6) is 5.75 Å². The SMILES string of the molecule is COc1cccc(-c2cc(C(=O)NCC3CCCO3)c3c(C)nn(C4CCS(=O)(=O)C4)c3n2)c1. The van der Waals surface area contributed by atoms with Gasteiger partial charge in [0.2, 0.25) is 0 Å². The number of hydrogen-bond acceptors (Lipinski definition) is 7. The molecule has 2 saturated heterocycles. The van der Waals surface area contributed by atoms with Crippen molar-refractivity contribution in [2.24, 2.45) is 0 Å². The molecule has 2 aromatic heterocycles. The van der Waals surface area contributed by atoms with Crippen molar-refractivity contribution in [3.8, 4) is 17.0 Å². The minimum absolute atomic E-state index is 0.0200. The number of nitrogens with one attached hydrogen (secondary N) is 1. The van der Waals surface area contributed by atoms with Crippen molar-refractivity contribution in [2.75, 3.05) is 31.8 Å². The smallest absolute Gasteiger partial charge is 0.252 e. The number of hydrogen-bond donors (Lipinski definition) is 1. The quantitative estimate of drug-likeness (QED) is 0.572. The van der Waals surface area contributed by atoms with Crippen molar-refractivity contribution in [1.82, 2.24) is 20.1 Å². The molecule has 0 saturated carbocycles. The van der Waals surface area contributed by atoms with Gasteiger partial charge < -0.3 is 14.8 Å². The van der Waals surface area contributed by atoms with Gasteiger partial charge in [0.25, 0.3) is 5.91 Å². The van der Waals surface area contributed by atoms with E-state index in [0.717, 1.165) is 25.0 Å². The molecule has 0 radical (unpaired) electrons. The van der Waals surface area contributed by atoms with Gasteiger partial charge >= 0.3 is 0 Å². The minimum atomic E-state index is -3.12. The van der Waals surface area contributed by atoms with Crippen LogP contribution in [-0.2, 0) is 14.6 Å². The number of nitrogens with zero attached hydrogens (tertiary/aromatic N) is 3. The van der Waals surface area contributed by atoms with E-state index >= 15 is 0 Å². The van der Waals surface area contributed by atoms with E-state index in [1.807, 2.05) is 31.2 Å². The van der Waals surface area contributed by atoms with E-state index < -0.39 is 9.84 Å². The molecule has 34 heavy (non-hydrogen) atoms. The first-order valence-electron chi connectivity index (χ1n) is 11.5. The molecule has 1 amide bonds. The number of benzene rings is 1. The van der Waals surface area contributed by atoms with E-state index in [4.69, 9.17) is 14.5 Å². The van der Waals surface area contributed by atoms with Crippen LogP contribution < -0.4 is 10.1 Å². The van der Waals surface area contributed by atoms with Crippen LogP contribution in [0.2, 0.25) is 0 Å². The monoisotopic (exact) mass is 484 g/mol. The molecule has 2 aliphatic rings. The molecule has 10 heteroatoms. The second-order valence-electron chi connectivity index (χ2n) is 8.92. The Balaban J connectivity index is 1.61. The number of carbonyl (C=O) groups is 1. The first-order chi connectivity index (χ1) is 16.3. The average molecular weight is 485 g/mol. The highest BCUT2D eigenvalue weighted by Crippen LogP contribution is 2.32. The second-order valence-corrected chi connectivity index (χ2v) is 11.1. The Morgan fingerprint density at radius 1 is 1.29 bits per heavy atom. The van der Waals surface area contributed by atoms with Gasteiger partial charge in [-0.15, -0.1) is 0 Å². The summed E-state index contributed by atoms with van der Waals surface area (Å²) in [5.74, 6) is 0.598. The Morgan fingerprint density at radius 2 is 2.15 bits per heavy atom. The summed E-state index contributed by atoms with van der Waals surface area (Å²) in [7, 11) is -1.52. The van der Waals surface area contributed by atoms with E-state index in [0.29, 0.717) is 46.7 Å². The van der Waals surface area contributed by atoms with Crippen LogP contribution in [-0.4, -0.2) is 67.0 Å². The number of carbonyl (C=O) groups excluding carboxylic acids is 1. The molecule has 5 rings (SSSR count). The van der Waals surface area contributed by atoms with Crippen LogP contribution >= 0.6 is 0 Å². The Morgan fingerprint density at radius 3 is 2.85 bits per heavy atom. The largest absolute Gasteiger partial charge is 0.497 e. The maximum Gasteiger partial charge on any atom is 0.252 e. The number of rotatable bonds is 6. The van der Waals surface area contributed by atoms with Crippen LogP contribution in [0.15, 0.2) is 30.3 Å². The Hall–Kier alpha value is -2.98. The number of pyridine rings is 1. The summed E-state index contributed by atoms with van der Waals surface area (Å²) in [5.41, 5.74) is 3.01. The van der Waals surface area contributed by atoms with Crippen molar-refractivity contribution in [3.63, 3.8) is 0 Å². The highest BCUT2D eigenvalue weighted by atomic mass is 32.2. The Labute approximate surface area is 198 Å². The summed E-state index contributed by atoms with van der Waals surface area (Å²) in [6.45, 7) is 2.98. The van der Waals surface area contributed by atoms with Gasteiger partial charge in [0, 0.05) is 18.7 Å². The molecule has 2 aliphatic heterocycles. The summed E-state index contributed by atoms with van der Waals surface area (Å²) in [6.07, 6.45) is 2.42. The number of sulfone groups is 1. The first-order valence-corrected chi connectivity index (χ1v) is 13.3. The summed E-state index contributed by atoms with van der Waals surface area (Å²) in [5, 5.41) is 8.29. The van der Waals surface area contributed by atoms with Gasteiger partial charge in [-0.3, -0.25) is 4.79 Å². The second kappa shape index (κ2) is 8.99. The normalized spacial score (nSPS) is 21.7. The molecular formula is C24H28N4O5S. The van der Waals surface area contributed by atoms with E-state index in [1.54, 1.807) is 17.9 Å². The molecule has 2 fully saturated rings. The Kier molecular flexibility index (Phi) is 6.03. The average Bonchev–Trinajstić information content (AvgIpc) is 3.56. The van der Waals surface area contributed by atoms with E-state index in [-0.39, 0.29) is 29.6 Å². The van der Waals surface area contributed by atoms with Gasteiger partial charge in [-0.2, -0.15) is 5.10 Å². The van der Waals surface area contributed by atoms with Crippen molar-refractivity contribution in [2.45, 2.75) is 38.3 Å². The number of amides is 1. The molecule has 9 nitrogen and oxygen atoms in total. The molecule has 4 heterocycles. The lowest BCUT2D eigenvalue weighted by atomic mass is 10.0. The lowest BCUT2D eigenvalue weighted by molar-refractivity contribution is 0.0859. The number of aryl methyl sites for hydroxylation is 1. The van der Waals surface area contributed by atoms with Crippen LogP contribution in [0, 0.1) is 6.92 Å². The number of fused-ring (bicyclic) bond motifs is 1. The predicted molar refractivity (Wildman–Crippen MR) is 128 cm³/mol. The van der Waals surface area contributed by atoms with Crippen LogP contribution in [0.4, 0.5) is 0 Å². The van der Waals surface area contributed by atoms with Gasteiger partial charge in [0.05, 0.1) is 53.1 Å². The molecule has 1 N–H and O–H groups in total. The zero-order chi connectivity index (χ0) is 23.9. The molecule has 3 aromatic rings.